The van der Waals surface area contributed by atoms with Crippen LogP contribution in [0.1, 0.15) is 17.2 Å². The molecule has 156 valence electrons. The zero-order valence-electron chi connectivity index (χ0n) is 15.9. The molecule has 0 aliphatic heterocycles. The lowest BCUT2D eigenvalue weighted by Crippen LogP contribution is -2.23. The zero-order chi connectivity index (χ0) is 21.7. The van der Waals surface area contributed by atoms with Gasteiger partial charge in [0.05, 0.1) is 22.5 Å². The summed E-state index contributed by atoms with van der Waals surface area (Å²) in [7, 11) is 0. The molecule has 1 atom stereocenters. The van der Waals surface area contributed by atoms with Crippen LogP contribution in [-0.2, 0) is 0 Å². The van der Waals surface area contributed by atoms with E-state index in [-0.39, 0.29) is 18.0 Å². The van der Waals surface area contributed by atoms with Gasteiger partial charge in [0, 0.05) is 17.8 Å². The van der Waals surface area contributed by atoms with E-state index >= 15 is 0 Å². The molecule has 3 aromatic rings. The molecule has 0 spiro atoms. The maximum atomic E-state index is 12.4. The van der Waals surface area contributed by atoms with Gasteiger partial charge >= 0.3 is 6.09 Å². The molecule has 0 saturated carbocycles. The lowest BCUT2D eigenvalue weighted by molar-refractivity contribution is 0.191. The fourth-order valence-corrected chi connectivity index (χ4v) is 3.22. The van der Waals surface area contributed by atoms with Gasteiger partial charge in [-0.1, -0.05) is 47.5 Å². The van der Waals surface area contributed by atoms with Crippen LogP contribution in [0.4, 0.5) is 16.2 Å². The van der Waals surface area contributed by atoms with E-state index in [1.165, 1.54) is 12.3 Å². The largest absolute Gasteiger partial charge is 0.417 e. The first-order valence-corrected chi connectivity index (χ1v) is 9.74. The highest BCUT2D eigenvalue weighted by atomic mass is 35.5. The summed E-state index contributed by atoms with van der Waals surface area (Å²) in [6, 6.07) is 13.5. The van der Waals surface area contributed by atoms with Crippen molar-refractivity contribution in [2.45, 2.75) is 13.0 Å². The number of para-hydroxylation sites is 1. The van der Waals surface area contributed by atoms with Gasteiger partial charge in [0.2, 0.25) is 5.75 Å². The molecule has 0 radical (unpaired) electrons. The number of aromatic nitrogens is 1. The van der Waals surface area contributed by atoms with E-state index in [0.717, 1.165) is 5.56 Å². The number of amides is 1. The van der Waals surface area contributed by atoms with E-state index in [4.69, 9.17) is 27.9 Å². The standard InChI is InChI=1S/C21H19Cl2N3O4/c1-12-4-2-7-15(23)18(12)26-21(29)30-19-16(8-9-24-20(19)28)25-11-17(27)13-5-3-6-14(22)10-13/h2-10,17,27H,11H2,1H3,(H,26,29)(H2,24,25,28)/t17-/m1/s1. The monoisotopic (exact) mass is 447 g/mol. The second kappa shape index (κ2) is 9.67. The highest BCUT2D eigenvalue weighted by Gasteiger charge is 2.17. The third-order valence-corrected chi connectivity index (χ3v) is 4.83. The highest BCUT2D eigenvalue weighted by Crippen LogP contribution is 2.26. The first-order chi connectivity index (χ1) is 14.3. The Morgan fingerprint density at radius 1 is 1.20 bits per heavy atom. The molecule has 4 N–H and O–H groups in total. The van der Waals surface area contributed by atoms with Crippen LogP contribution in [0.5, 0.6) is 5.75 Å². The van der Waals surface area contributed by atoms with E-state index < -0.39 is 17.8 Å². The molecule has 9 heteroatoms. The van der Waals surface area contributed by atoms with Crippen LogP contribution in [-0.4, -0.2) is 22.7 Å². The number of hydrogen-bond donors (Lipinski definition) is 4. The average Bonchev–Trinajstić information content (AvgIpc) is 2.71. The Kier molecular flexibility index (Phi) is 6.99. The van der Waals surface area contributed by atoms with Crippen LogP contribution >= 0.6 is 23.2 Å². The van der Waals surface area contributed by atoms with Crippen LogP contribution < -0.4 is 20.9 Å². The number of carbonyl (C=O) groups excluding carboxylic acids is 1. The first-order valence-electron chi connectivity index (χ1n) is 8.98. The molecule has 7 nitrogen and oxygen atoms in total. The number of aromatic amines is 1. The number of H-pyrrole nitrogens is 1. The molecule has 0 aliphatic rings. The zero-order valence-corrected chi connectivity index (χ0v) is 17.4. The van der Waals surface area contributed by atoms with Crippen LogP contribution in [0.2, 0.25) is 10.0 Å². The maximum absolute atomic E-state index is 12.4. The number of rotatable bonds is 6. The van der Waals surface area contributed by atoms with Gasteiger partial charge in [-0.05, 0) is 42.3 Å². The summed E-state index contributed by atoms with van der Waals surface area (Å²) in [5, 5.41) is 16.7. The van der Waals surface area contributed by atoms with Crippen molar-refractivity contribution in [3.63, 3.8) is 0 Å². The molecular weight excluding hydrogens is 429 g/mol. The predicted molar refractivity (Wildman–Crippen MR) is 118 cm³/mol. The molecule has 0 unspecified atom stereocenters. The molecule has 1 heterocycles. The number of nitrogens with one attached hydrogen (secondary N) is 3. The van der Waals surface area contributed by atoms with Gasteiger partial charge in [0.15, 0.2) is 0 Å². The normalized spacial score (nSPS) is 11.6. The maximum Gasteiger partial charge on any atom is 0.417 e. The summed E-state index contributed by atoms with van der Waals surface area (Å²) in [5.41, 5.74) is 1.37. The van der Waals surface area contributed by atoms with Crippen LogP contribution in [0.3, 0.4) is 0 Å². The Hall–Kier alpha value is -3.00. The average molecular weight is 448 g/mol. The topological polar surface area (TPSA) is 103 Å². The Bertz CT molecular complexity index is 1100. The predicted octanol–water partition coefficient (Wildman–Crippen LogP) is 4.75. The van der Waals surface area contributed by atoms with Crippen molar-refractivity contribution in [1.82, 2.24) is 4.98 Å². The molecule has 1 amide bonds. The molecule has 0 fully saturated rings. The van der Waals surface area contributed by atoms with Crippen molar-refractivity contribution in [1.29, 1.82) is 0 Å². The molecule has 2 aromatic carbocycles. The van der Waals surface area contributed by atoms with Crippen molar-refractivity contribution in [2.75, 3.05) is 17.2 Å². The summed E-state index contributed by atoms with van der Waals surface area (Å²) in [4.78, 5) is 27.0. The van der Waals surface area contributed by atoms with Crippen molar-refractivity contribution in [3.05, 3.63) is 86.3 Å². The fraction of sp³-hybridized carbons (Fsp3) is 0.143. The number of aryl methyl sites for hydroxylation is 1. The van der Waals surface area contributed by atoms with Crippen molar-refractivity contribution < 1.29 is 14.6 Å². The van der Waals surface area contributed by atoms with Crippen molar-refractivity contribution in [2.24, 2.45) is 0 Å². The van der Waals surface area contributed by atoms with Crippen molar-refractivity contribution >= 4 is 40.7 Å². The SMILES string of the molecule is Cc1cccc(Cl)c1NC(=O)Oc1c(NC[C@@H](O)c2cccc(Cl)c2)cc[nH]c1=O. The number of benzene rings is 2. The fourth-order valence-electron chi connectivity index (χ4n) is 2.75. The van der Waals surface area contributed by atoms with Gasteiger partial charge < -0.3 is 20.1 Å². The Morgan fingerprint density at radius 3 is 2.70 bits per heavy atom. The quantitative estimate of drug-likeness (QED) is 0.436. The van der Waals surface area contributed by atoms with Gasteiger partial charge in [-0.3, -0.25) is 10.1 Å². The van der Waals surface area contributed by atoms with E-state index in [2.05, 4.69) is 15.6 Å². The lowest BCUT2D eigenvalue weighted by Gasteiger charge is -2.16. The van der Waals surface area contributed by atoms with E-state index in [0.29, 0.717) is 21.3 Å². The molecule has 0 bridgehead atoms. The van der Waals surface area contributed by atoms with Gasteiger partial charge in [-0.25, -0.2) is 4.79 Å². The molecule has 1 aromatic heterocycles. The highest BCUT2D eigenvalue weighted by molar-refractivity contribution is 6.33. The Morgan fingerprint density at radius 2 is 1.97 bits per heavy atom. The number of ether oxygens (including phenoxy) is 1. The van der Waals surface area contributed by atoms with Crippen LogP contribution in [0.25, 0.3) is 0 Å². The molecule has 0 aliphatic carbocycles. The third kappa shape index (κ3) is 5.33. The summed E-state index contributed by atoms with van der Waals surface area (Å²) >= 11 is 12.1. The van der Waals surface area contributed by atoms with Gasteiger partial charge in [-0.15, -0.1) is 0 Å². The van der Waals surface area contributed by atoms with Crippen LogP contribution in [0, 0.1) is 6.92 Å². The Labute approximate surface area is 182 Å². The minimum atomic E-state index is -0.893. The van der Waals surface area contributed by atoms with Gasteiger partial charge in [-0.2, -0.15) is 0 Å². The number of pyridine rings is 1. The smallest absolute Gasteiger partial charge is 0.402 e. The number of carbonyl (C=O) groups is 1. The Balaban J connectivity index is 1.73. The number of aliphatic hydroxyl groups excluding tert-OH is 1. The van der Waals surface area contributed by atoms with E-state index in [1.807, 2.05) is 0 Å². The molecular formula is C21H19Cl2N3O4. The van der Waals surface area contributed by atoms with Gasteiger partial charge in [0.25, 0.3) is 5.56 Å². The molecule has 3 rings (SSSR count). The lowest BCUT2D eigenvalue weighted by atomic mass is 10.1. The summed E-state index contributed by atoms with van der Waals surface area (Å²) in [6.45, 7) is 1.84. The summed E-state index contributed by atoms with van der Waals surface area (Å²) < 4.78 is 5.23. The van der Waals surface area contributed by atoms with E-state index in [9.17, 15) is 14.7 Å². The minimum absolute atomic E-state index is 0.0609. The summed E-state index contributed by atoms with van der Waals surface area (Å²) in [5.74, 6) is -0.238. The van der Waals surface area contributed by atoms with E-state index in [1.54, 1.807) is 49.4 Å². The second-order valence-electron chi connectivity index (χ2n) is 6.45. The number of aliphatic hydroxyl groups is 1. The number of halogens is 2. The number of anilines is 2. The second-order valence-corrected chi connectivity index (χ2v) is 7.29. The van der Waals surface area contributed by atoms with Crippen LogP contribution in [0.15, 0.2) is 59.5 Å². The molecule has 30 heavy (non-hydrogen) atoms. The van der Waals surface area contributed by atoms with Gasteiger partial charge in [0.1, 0.15) is 0 Å². The number of hydrogen-bond acceptors (Lipinski definition) is 5. The molecule has 0 saturated heterocycles. The third-order valence-electron chi connectivity index (χ3n) is 4.28. The first kappa shape index (κ1) is 21.7. The minimum Gasteiger partial charge on any atom is -0.402 e. The van der Waals surface area contributed by atoms with Crippen molar-refractivity contribution in [3.8, 4) is 5.75 Å². The summed E-state index contributed by atoms with van der Waals surface area (Å²) in [6.07, 6.45) is -0.365.